The lowest BCUT2D eigenvalue weighted by atomic mass is 10.2. The highest BCUT2D eigenvalue weighted by Crippen LogP contribution is 2.20. The number of nitrogens with one attached hydrogen (secondary N) is 3. The molecule has 0 heterocycles. The minimum Gasteiger partial charge on any atom is -0.497 e. The Morgan fingerprint density at radius 3 is 2.42 bits per heavy atom. The van der Waals surface area contributed by atoms with Crippen molar-refractivity contribution in [1.82, 2.24) is 10.9 Å². The first-order chi connectivity index (χ1) is 11.5. The Morgan fingerprint density at radius 1 is 1.04 bits per heavy atom. The quantitative estimate of drug-likeness (QED) is 0.709. The van der Waals surface area contributed by atoms with Crippen LogP contribution in [0.1, 0.15) is 10.4 Å². The lowest BCUT2D eigenvalue weighted by Crippen LogP contribution is -2.44. The van der Waals surface area contributed by atoms with Gasteiger partial charge in [0.05, 0.1) is 24.2 Å². The monoisotopic (exact) mass is 367 g/mol. The molecule has 0 saturated carbocycles. The normalized spacial score (nSPS) is 9.96. The fourth-order valence-electron chi connectivity index (χ4n) is 1.80. The standard InChI is InChI=1S/C16H15Cl2N3O3/c1-24-12-5-3-11(4-6-12)19-9-15(22)20-21-16(23)13-8-10(17)2-7-14(13)18/h2-8,19H,9H2,1H3,(H,20,22)(H,21,23). The maximum absolute atomic E-state index is 12.0. The number of amides is 2. The maximum atomic E-state index is 12.0. The van der Waals surface area contributed by atoms with Crippen molar-refractivity contribution in [2.75, 3.05) is 19.0 Å². The first-order valence-corrected chi connectivity index (χ1v) is 7.67. The van der Waals surface area contributed by atoms with E-state index in [1.54, 1.807) is 37.4 Å². The number of hydrogen-bond acceptors (Lipinski definition) is 4. The largest absolute Gasteiger partial charge is 0.497 e. The summed E-state index contributed by atoms with van der Waals surface area (Å²) >= 11 is 11.7. The average Bonchev–Trinajstić information content (AvgIpc) is 2.60. The number of methoxy groups -OCH3 is 1. The Kier molecular flexibility index (Phi) is 6.28. The Balaban J connectivity index is 1.82. The topological polar surface area (TPSA) is 79.5 Å². The summed E-state index contributed by atoms with van der Waals surface area (Å²) in [7, 11) is 1.57. The molecule has 0 aliphatic heterocycles. The number of anilines is 1. The second-order valence-corrected chi connectivity index (χ2v) is 5.55. The Labute approximate surface area is 149 Å². The van der Waals surface area contributed by atoms with E-state index >= 15 is 0 Å². The van der Waals surface area contributed by atoms with Crippen molar-refractivity contribution < 1.29 is 14.3 Å². The van der Waals surface area contributed by atoms with Gasteiger partial charge in [-0.2, -0.15) is 0 Å². The summed E-state index contributed by atoms with van der Waals surface area (Å²) in [6, 6.07) is 11.6. The van der Waals surface area contributed by atoms with Crippen molar-refractivity contribution in [3.63, 3.8) is 0 Å². The van der Waals surface area contributed by atoms with Gasteiger partial charge < -0.3 is 10.1 Å². The van der Waals surface area contributed by atoms with Gasteiger partial charge in [0.25, 0.3) is 11.8 Å². The van der Waals surface area contributed by atoms with E-state index in [0.29, 0.717) is 5.02 Å². The molecule has 0 fully saturated rings. The van der Waals surface area contributed by atoms with Crippen LogP contribution < -0.4 is 20.9 Å². The lowest BCUT2D eigenvalue weighted by Gasteiger charge is -2.10. The predicted molar refractivity (Wildman–Crippen MR) is 93.6 cm³/mol. The first-order valence-electron chi connectivity index (χ1n) is 6.92. The number of carbonyl (C=O) groups is 2. The summed E-state index contributed by atoms with van der Waals surface area (Å²) in [6.07, 6.45) is 0. The minimum atomic E-state index is -0.555. The summed E-state index contributed by atoms with van der Waals surface area (Å²) in [5, 5.41) is 3.52. The molecule has 3 N–H and O–H groups in total. The minimum absolute atomic E-state index is 0.0180. The van der Waals surface area contributed by atoms with Crippen LogP contribution in [0.3, 0.4) is 0 Å². The molecule has 2 aromatic carbocycles. The fourth-order valence-corrected chi connectivity index (χ4v) is 2.18. The summed E-state index contributed by atoms with van der Waals surface area (Å²) in [5.74, 6) is -0.256. The van der Waals surface area contributed by atoms with Crippen molar-refractivity contribution in [3.8, 4) is 5.75 Å². The molecule has 24 heavy (non-hydrogen) atoms. The number of ether oxygens (including phenoxy) is 1. The average molecular weight is 368 g/mol. The number of rotatable bonds is 5. The molecule has 0 aliphatic rings. The highest BCUT2D eigenvalue weighted by atomic mass is 35.5. The van der Waals surface area contributed by atoms with Crippen LogP contribution in [0.2, 0.25) is 10.0 Å². The number of hydrazine groups is 1. The van der Waals surface area contributed by atoms with Crippen LogP contribution >= 0.6 is 23.2 Å². The molecule has 0 bridgehead atoms. The Bertz CT molecular complexity index is 736. The van der Waals surface area contributed by atoms with E-state index in [2.05, 4.69) is 16.2 Å². The van der Waals surface area contributed by atoms with Crippen molar-refractivity contribution >= 4 is 40.7 Å². The van der Waals surface area contributed by atoms with Crippen LogP contribution in [0, 0.1) is 0 Å². The molecule has 8 heteroatoms. The smallest absolute Gasteiger partial charge is 0.271 e. The maximum Gasteiger partial charge on any atom is 0.271 e. The molecule has 6 nitrogen and oxygen atoms in total. The van der Waals surface area contributed by atoms with Crippen molar-refractivity contribution in [3.05, 3.63) is 58.1 Å². The fraction of sp³-hybridized carbons (Fsp3) is 0.125. The van der Waals surface area contributed by atoms with Crippen molar-refractivity contribution in [2.24, 2.45) is 0 Å². The van der Waals surface area contributed by atoms with Crippen LogP contribution in [-0.2, 0) is 4.79 Å². The van der Waals surface area contributed by atoms with E-state index in [1.165, 1.54) is 12.1 Å². The van der Waals surface area contributed by atoms with Gasteiger partial charge in [-0.15, -0.1) is 0 Å². The van der Waals surface area contributed by atoms with Gasteiger partial charge in [-0.1, -0.05) is 23.2 Å². The highest BCUT2D eigenvalue weighted by molar-refractivity contribution is 6.35. The Morgan fingerprint density at radius 2 is 1.75 bits per heavy atom. The number of hydrogen-bond donors (Lipinski definition) is 3. The van der Waals surface area contributed by atoms with Crippen LogP contribution in [0.4, 0.5) is 5.69 Å². The molecule has 0 aromatic heterocycles. The van der Waals surface area contributed by atoms with Gasteiger partial charge in [0.15, 0.2) is 0 Å². The third kappa shape index (κ3) is 5.04. The van der Waals surface area contributed by atoms with Gasteiger partial charge in [-0.3, -0.25) is 20.4 Å². The third-order valence-corrected chi connectivity index (χ3v) is 3.60. The number of halogens is 2. The summed E-state index contributed by atoms with van der Waals surface area (Å²) in [6.45, 7) is -0.0180. The molecular weight excluding hydrogens is 353 g/mol. The lowest BCUT2D eigenvalue weighted by molar-refractivity contribution is -0.120. The van der Waals surface area contributed by atoms with E-state index in [9.17, 15) is 9.59 Å². The predicted octanol–water partition coefficient (Wildman–Crippen LogP) is 2.88. The van der Waals surface area contributed by atoms with Gasteiger partial charge in [-0.05, 0) is 42.5 Å². The van der Waals surface area contributed by atoms with Crippen molar-refractivity contribution in [1.29, 1.82) is 0 Å². The van der Waals surface area contributed by atoms with Gasteiger partial charge >= 0.3 is 0 Å². The number of carbonyl (C=O) groups excluding carboxylic acids is 2. The second kappa shape index (κ2) is 8.42. The molecule has 0 saturated heterocycles. The number of benzene rings is 2. The second-order valence-electron chi connectivity index (χ2n) is 4.71. The zero-order valence-corrected chi connectivity index (χ0v) is 14.2. The summed E-state index contributed by atoms with van der Waals surface area (Å²) in [5.41, 5.74) is 5.49. The van der Waals surface area contributed by atoms with Crippen LogP contribution in [0.5, 0.6) is 5.75 Å². The first kappa shape index (κ1) is 17.9. The van der Waals surface area contributed by atoms with Crippen LogP contribution in [0.15, 0.2) is 42.5 Å². The van der Waals surface area contributed by atoms with Gasteiger partial charge in [0.1, 0.15) is 5.75 Å². The van der Waals surface area contributed by atoms with Crippen LogP contribution in [-0.4, -0.2) is 25.5 Å². The molecule has 0 atom stereocenters. The summed E-state index contributed by atoms with van der Waals surface area (Å²) < 4.78 is 5.05. The van der Waals surface area contributed by atoms with Crippen LogP contribution in [0.25, 0.3) is 0 Å². The molecular formula is C16H15Cl2N3O3. The highest BCUT2D eigenvalue weighted by Gasteiger charge is 2.11. The molecule has 2 rings (SSSR count). The van der Waals surface area contributed by atoms with E-state index in [4.69, 9.17) is 27.9 Å². The zero-order chi connectivity index (χ0) is 17.5. The van der Waals surface area contributed by atoms with Crippen molar-refractivity contribution in [2.45, 2.75) is 0 Å². The van der Waals surface area contributed by atoms with E-state index in [1.807, 2.05) is 0 Å². The zero-order valence-electron chi connectivity index (χ0n) is 12.7. The molecule has 0 spiro atoms. The van der Waals surface area contributed by atoms with E-state index in [-0.39, 0.29) is 17.1 Å². The molecule has 0 radical (unpaired) electrons. The Hall–Kier alpha value is -2.44. The third-order valence-electron chi connectivity index (χ3n) is 3.03. The van der Waals surface area contributed by atoms with Gasteiger partial charge in [-0.25, -0.2) is 0 Å². The SMILES string of the molecule is COc1ccc(NCC(=O)NNC(=O)c2cc(Cl)ccc2Cl)cc1. The summed E-state index contributed by atoms with van der Waals surface area (Å²) in [4.78, 5) is 23.7. The molecule has 0 unspecified atom stereocenters. The molecule has 2 aromatic rings. The molecule has 126 valence electrons. The van der Waals surface area contributed by atoms with E-state index in [0.717, 1.165) is 11.4 Å². The van der Waals surface area contributed by atoms with E-state index < -0.39 is 11.8 Å². The molecule has 0 aliphatic carbocycles. The van der Waals surface area contributed by atoms with Gasteiger partial charge in [0.2, 0.25) is 0 Å². The molecule has 2 amide bonds. The van der Waals surface area contributed by atoms with Gasteiger partial charge in [0, 0.05) is 10.7 Å².